The zero-order valence-electron chi connectivity index (χ0n) is 24.8. The molecule has 0 aromatic heterocycles. The number of hydrogen-bond donors (Lipinski definition) is 2. The molecule has 2 fully saturated rings. The van der Waals surface area contributed by atoms with E-state index < -0.39 is 24.0 Å². The molecule has 2 atom stereocenters. The Morgan fingerprint density at radius 1 is 1.07 bits per heavy atom. The second-order valence-corrected chi connectivity index (χ2v) is 13.5. The molecule has 2 aromatic rings. The molecule has 2 aromatic carbocycles. The minimum absolute atomic E-state index is 0.0981. The fourth-order valence-electron chi connectivity index (χ4n) is 5.86. The molecule has 1 aliphatic carbocycles. The maximum Gasteiger partial charge on any atom is 0.326 e. The number of carbonyl (C=O) groups is 3. The van der Waals surface area contributed by atoms with Gasteiger partial charge in [-0.2, -0.15) is 23.5 Å². The first-order valence-electron chi connectivity index (χ1n) is 15.1. The molecule has 1 heterocycles. The first-order chi connectivity index (χ1) is 20.4. The van der Waals surface area contributed by atoms with Gasteiger partial charge in [0.2, 0.25) is 0 Å². The predicted octanol–water partition coefficient (Wildman–Crippen LogP) is 6.03. The van der Waals surface area contributed by atoms with Crippen LogP contribution in [0.3, 0.4) is 0 Å². The Balaban J connectivity index is 1.57. The van der Waals surface area contributed by atoms with Crippen molar-refractivity contribution in [3.63, 3.8) is 0 Å². The molecule has 228 valence electrons. The SMILES string of the molecule is CSCC[C@H](NC(=O)c1ccc(COC(CC2CCCCC2)C(=O)N2CCSCC2)cc1-c1ccccc1C)C(=O)O. The van der Waals surface area contributed by atoms with Gasteiger partial charge in [-0.25, -0.2) is 4.79 Å². The van der Waals surface area contributed by atoms with Crippen LogP contribution < -0.4 is 5.32 Å². The van der Waals surface area contributed by atoms with Crippen LogP contribution in [0.4, 0.5) is 0 Å². The highest BCUT2D eigenvalue weighted by atomic mass is 32.2. The maximum absolute atomic E-state index is 13.6. The van der Waals surface area contributed by atoms with Crippen molar-refractivity contribution >= 4 is 41.3 Å². The van der Waals surface area contributed by atoms with Gasteiger partial charge in [-0.3, -0.25) is 9.59 Å². The molecular weight excluding hydrogens is 569 g/mol. The second kappa shape index (κ2) is 16.4. The molecule has 1 saturated heterocycles. The fraction of sp³-hybridized carbons (Fsp3) is 0.545. The van der Waals surface area contributed by atoms with E-state index in [4.69, 9.17) is 4.74 Å². The van der Waals surface area contributed by atoms with E-state index in [1.165, 1.54) is 19.3 Å². The van der Waals surface area contributed by atoms with Gasteiger partial charge in [0.05, 0.1) is 6.61 Å². The predicted molar refractivity (Wildman–Crippen MR) is 172 cm³/mol. The molecule has 1 unspecified atom stereocenters. The lowest BCUT2D eigenvalue weighted by atomic mass is 9.85. The zero-order chi connectivity index (χ0) is 29.9. The first kappa shape index (κ1) is 32.4. The Morgan fingerprint density at radius 3 is 2.50 bits per heavy atom. The van der Waals surface area contributed by atoms with Crippen molar-refractivity contribution in [3.8, 4) is 11.1 Å². The molecule has 0 spiro atoms. The summed E-state index contributed by atoms with van der Waals surface area (Å²) in [5.41, 5.74) is 3.93. The van der Waals surface area contributed by atoms with Crippen molar-refractivity contribution in [1.29, 1.82) is 0 Å². The number of nitrogens with zero attached hydrogens (tertiary/aromatic N) is 1. The van der Waals surface area contributed by atoms with E-state index in [-0.39, 0.29) is 12.5 Å². The Hall–Kier alpha value is -2.49. The van der Waals surface area contributed by atoms with Gasteiger partial charge < -0.3 is 20.1 Å². The highest BCUT2D eigenvalue weighted by Gasteiger charge is 2.30. The molecule has 9 heteroatoms. The van der Waals surface area contributed by atoms with Crippen LogP contribution in [0.15, 0.2) is 42.5 Å². The Bertz CT molecular complexity index is 1210. The number of carboxylic acids is 1. The number of carbonyl (C=O) groups excluding carboxylic acids is 2. The van der Waals surface area contributed by atoms with Gasteiger partial charge in [-0.05, 0) is 72.1 Å². The van der Waals surface area contributed by atoms with Crippen molar-refractivity contribution in [2.75, 3.05) is 36.6 Å². The molecule has 7 nitrogen and oxygen atoms in total. The summed E-state index contributed by atoms with van der Waals surface area (Å²) in [4.78, 5) is 40.8. The van der Waals surface area contributed by atoms with E-state index in [1.807, 2.05) is 66.2 Å². The van der Waals surface area contributed by atoms with Gasteiger partial charge >= 0.3 is 5.97 Å². The van der Waals surface area contributed by atoms with Crippen LogP contribution in [0, 0.1) is 12.8 Å². The molecule has 0 radical (unpaired) electrons. The zero-order valence-corrected chi connectivity index (χ0v) is 26.4. The minimum atomic E-state index is -1.04. The minimum Gasteiger partial charge on any atom is -0.480 e. The van der Waals surface area contributed by atoms with E-state index in [0.29, 0.717) is 23.7 Å². The molecule has 42 heavy (non-hydrogen) atoms. The third kappa shape index (κ3) is 9.01. The molecule has 4 rings (SSSR count). The van der Waals surface area contributed by atoms with E-state index in [1.54, 1.807) is 17.8 Å². The Kier molecular flexibility index (Phi) is 12.6. The summed E-state index contributed by atoms with van der Waals surface area (Å²) < 4.78 is 6.43. The van der Waals surface area contributed by atoms with Crippen molar-refractivity contribution in [2.45, 2.75) is 70.6 Å². The average molecular weight is 613 g/mol. The van der Waals surface area contributed by atoms with Gasteiger partial charge in [0, 0.05) is 30.2 Å². The van der Waals surface area contributed by atoms with Crippen LogP contribution in [0.25, 0.3) is 11.1 Å². The highest BCUT2D eigenvalue weighted by molar-refractivity contribution is 7.99. The summed E-state index contributed by atoms with van der Waals surface area (Å²) in [6, 6.07) is 12.5. The maximum atomic E-state index is 13.6. The first-order valence-corrected chi connectivity index (χ1v) is 17.6. The van der Waals surface area contributed by atoms with E-state index in [9.17, 15) is 19.5 Å². The number of thioether (sulfide) groups is 2. The lowest BCUT2D eigenvalue weighted by molar-refractivity contribution is -0.145. The summed E-state index contributed by atoms with van der Waals surface area (Å²) in [5, 5.41) is 12.4. The summed E-state index contributed by atoms with van der Waals surface area (Å²) in [6.07, 6.45) is 8.54. The van der Waals surface area contributed by atoms with Crippen LogP contribution in [0.2, 0.25) is 0 Å². The van der Waals surface area contributed by atoms with Crippen LogP contribution in [0.1, 0.15) is 66.4 Å². The number of ether oxygens (including phenoxy) is 1. The molecular formula is C33H44N2O5S2. The summed E-state index contributed by atoms with van der Waals surface area (Å²) in [6.45, 7) is 3.79. The van der Waals surface area contributed by atoms with Crippen molar-refractivity contribution in [1.82, 2.24) is 10.2 Å². The monoisotopic (exact) mass is 612 g/mol. The third-order valence-electron chi connectivity index (χ3n) is 8.30. The normalized spacial score (nSPS) is 17.4. The molecule has 1 aliphatic heterocycles. The average Bonchev–Trinajstić information content (AvgIpc) is 3.01. The van der Waals surface area contributed by atoms with Gasteiger partial charge in [0.15, 0.2) is 0 Å². The molecule has 0 bridgehead atoms. The largest absolute Gasteiger partial charge is 0.480 e. The summed E-state index contributed by atoms with van der Waals surface area (Å²) in [7, 11) is 0. The van der Waals surface area contributed by atoms with Crippen LogP contribution in [-0.4, -0.2) is 76.5 Å². The quantitative estimate of drug-likeness (QED) is 0.285. The number of aryl methyl sites for hydroxylation is 1. The Labute approximate surface area is 258 Å². The van der Waals surface area contributed by atoms with Gasteiger partial charge in [0.25, 0.3) is 11.8 Å². The molecule has 2 N–H and O–H groups in total. The fourth-order valence-corrected chi connectivity index (χ4v) is 7.23. The van der Waals surface area contributed by atoms with Gasteiger partial charge in [-0.15, -0.1) is 0 Å². The lowest BCUT2D eigenvalue weighted by Gasteiger charge is -2.32. The van der Waals surface area contributed by atoms with E-state index >= 15 is 0 Å². The van der Waals surface area contributed by atoms with Gasteiger partial charge in [-0.1, -0.05) is 62.4 Å². The van der Waals surface area contributed by atoms with Crippen molar-refractivity contribution in [2.24, 2.45) is 5.92 Å². The van der Waals surface area contributed by atoms with Crippen molar-refractivity contribution in [3.05, 3.63) is 59.2 Å². The summed E-state index contributed by atoms with van der Waals surface area (Å²) >= 11 is 3.43. The number of aliphatic carboxylic acids is 1. The smallest absolute Gasteiger partial charge is 0.326 e. The highest BCUT2D eigenvalue weighted by Crippen LogP contribution is 2.31. The molecule has 2 aliphatic rings. The topological polar surface area (TPSA) is 95.9 Å². The van der Waals surface area contributed by atoms with Crippen LogP contribution in [0.5, 0.6) is 0 Å². The second-order valence-electron chi connectivity index (χ2n) is 11.3. The number of carboxylic acid groups (broad SMARTS) is 1. The number of rotatable bonds is 13. The molecule has 1 saturated carbocycles. The van der Waals surface area contributed by atoms with Gasteiger partial charge in [0.1, 0.15) is 12.1 Å². The number of nitrogens with one attached hydrogen (secondary N) is 1. The molecule has 2 amide bonds. The third-order valence-corrected chi connectivity index (χ3v) is 9.89. The van der Waals surface area contributed by atoms with Crippen molar-refractivity contribution < 1.29 is 24.2 Å². The van der Waals surface area contributed by atoms with Crippen LogP contribution >= 0.6 is 23.5 Å². The van der Waals surface area contributed by atoms with Crippen LogP contribution in [-0.2, 0) is 20.9 Å². The number of hydrogen-bond acceptors (Lipinski definition) is 6. The summed E-state index contributed by atoms with van der Waals surface area (Å²) in [5.74, 6) is 1.71. The van der Waals surface area contributed by atoms with E-state index in [2.05, 4.69) is 5.32 Å². The number of amides is 2. The van der Waals surface area contributed by atoms with E-state index in [0.717, 1.165) is 66.1 Å². The lowest BCUT2D eigenvalue weighted by Crippen LogP contribution is -2.45. The number of benzene rings is 2. The standard InChI is InChI=1S/C33H44N2O5S2/c1-23-8-6-7-11-26(23)28-20-25(12-13-27(28)31(36)34-29(33(38)39)14-17-41-2)22-40-30(21-24-9-4-3-5-10-24)32(37)35-15-18-42-19-16-35/h6-8,11-13,20,24,29-30H,3-5,9-10,14-19,21-22H2,1-2H3,(H,34,36)(H,38,39)/t29-,30?/m0/s1. The Morgan fingerprint density at radius 2 is 1.81 bits per heavy atom.